The van der Waals surface area contributed by atoms with Gasteiger partial charge in [-0.05, 0) is 41.6 Å². The van der Waals surface area contributed by atoms with Gasteiger partial charge in [-0.3, -0.25) is 4.79 Å². The van der Waals surface area contributed by atoms with Gasteiger partial charge in [0.15, 0.2) is 5.96 Å². The average molecular weight is 301 g/mol. The lowest BCUT2D eigenvalue weighted by Gasteiger charge is -2.25. The fraction of sp³-hybridized carbons (Fsp3) is 0.200. The maximum atomic E-state index is 12.0. The van der Waals surface area contributed by atoms with Gasteiger partial charge >= 0.3 is 0 Å². The summed E-state index contributed by atoms with van der Waals surface area (Å²) in [5.74, 6) is -0.694. The molecule has 21 heavy (non-hydrogen) atoms. The van der Waals surface area contributed by atoms with Gasteiger partial charge in [0.2, 0.25) is 0 Å². The molecule has 0 fully saturated rings. The number of carbonyl (C=O) groups is 1. The summed E-state index contributed by atoms with van der Waals surface area (Å²) in [4.78, 5) is 16.7. The Morgan fingerprint density at radius 3 is 2.71 bits per heavy atom. The summed E-state index contributed by atoms with van der Waals surface area (Å²) in [7, 11) is 1.67. The number of methoxy groups -OCH3 is 1. The second kappa shape index (κ2) is 4.68. The highest BCUT2D eigenvalue weighted by molar-refractivity contribution is 7.13. The number of rotatable bonds is 2. The first kappa shape index (κ1) is 13.8. The number of hydrogen-bond donors (Lipinski definition) is 2. The summed E-state index contributed by atoms with van der Waals surface area (Å²) >= 11 is 1.66. The maximum Gasteiger partial charge on any atom is 0.280 e. The molecule has 0 aliphatic heterocycles. The Morgan fingerprint density at radius 2 is 2.05 bits per heavy atom. The van der Waals surface area contributed by atoms with Crippen molar-refractivity contribution in [1.82, 2.24) is 0 Å². The minimum Gasteiger partial charge on any atom is -0.370 e. The van der Waals surface area contributed by atoms with E-state index < -0.39 is 11.5 Å². The lowest BCUT2D eigenvalue weighted by molar-refractivity contribution is 0.0432. The zero-order chi connectivity index (χ0) is 15.2. The molecular weight excluding hydrogens is 286 g/mol. The zero-order valence-corrected chi connectivity index (χ0v) is 12.5. The first-order valence-corrected chi connectivity index (χ1v) is 7.27. The van der Waals surface area contributed by atoms with E-state index in [1.165, 1.54) is 4.88 Å². The third-order valence-electron chi connectivity index (χ3n) is 3.84. The van der Waals surface area contributed by atoms with Gasteiger partial charge in [0.25, 0.3) is 5.91 Å². The standard InChI is InChI=1S/C15H15N3O2S/c1-15(20-2)10-5-6-21-12(10)9-4-3-8(7-11(9)15)13(19)18-14(16)17/h3-7H,1-2H3,(H4,16,17,18,19). The maximum absolute atomic E-state index is 12.0. The first-order valence-electron chi connectivity index (χ1n) is 6.39. The van der Waals surface area contributed by atoms with E-state index in [4.69, 9.17) is 16.2 Å². The quantitative estimate of drug-likeness (QED) is 0.656. The minimum absolute atomic E-state index is 0.242. The third-order valence-corrected chi connectivity index (χ3v) is 4.79. The van der Waals surface area contributed by atoms with Crippen molar-refractivity contribution in [2.24, 2.45) is 16.5 Å². The zero-order valence-electron chi connectivity index (χ0n) is 11.7. The number of ether oxygens (including phenoxy) is 1. The second-order valence-corrected chi connectivity index (χ2v) is 5.92. The van der Waals surface area contributed by atoms with Gasteiger partial charge in [-0.15, -0.1) is 11.3 Å². The fourth-order valence-corrected chi connectivity index (χ4v) is 3.75. The number of carbonyl (C=O) groups excluding carboxylic acids is 1. The molecule has 1 heterocycles. The number of fused-ring (bicyclic) bond motifs is 3. The molecule has 108 valence electrons. The highest BCUT2D eigenvalue weighted by atomic mass is 32.1. The Labute approximate surface area is 126 Å². The summed E-state index contributed by atoms with van der Waals surface area (Å²) < 4.78 is 5.74. The number of benzene rings is 1. The highest BCUT2D eigenvalue weighted by Gasteiger charge is 2.40. The lowest BCUT2D eigenvalue weighted by Crippen LogP contribution is -2.25. The largest absolute Gasteiger partial charge is 0.370 e. The molecule has 1 aromatic heterocycles. The molecular formula is C15H15N3O2S. The molecule has 1 atom stereocenters. The predicted molar refractivity (Wildman–Crippen MR) is 83.4 cm³/mol. The molecule has 1 aliphatic rings. The van der Waals surface area contributed by atoms with E-state index in [-0.39, 0.29) is 5.96 Å². The Bertz CT molecular complexity index is 762. The van der Waals surface area contributed by atoms with Crippen molar-refractivity contribution >= 4 is 23.2 Å². The van der Waals surface area contributed by atoms with Crippen molar-refractivity contribution in [3.8, 4) is 10.4 Å². The normalized spacial score (nSPS) is 19.0. The predicted octanol–water partition coefficient (Wildman–Crippen LogP) is 2.05. The van der Waals surface area contributed by atoms with Gasteiger partial charge in [0, 0.05) is 23.1 Å². The molecule has 1 amide bonds. The molecule has 0 radical (unpaired) electrons. The van der Waals surface area contributed by atoms with Gasteiger partial charge in [-0.25, -0.2) is 0 Å². The van der Waals surface area contributed by atoms with Crippen LogP contribution in [-0.4, -0.2) is 19.0 Å². The number of amides is 1. The summed E-state index contributed by atoms with van der Waals surface area (Å²) in [6, 6.07) is 7.52. The van der Waals surface area contributed by atoms with E-state index >= 15 is 0 Å². The average Bonchev–Trinajstić information content (AvgIpc) is 3.01. The Hall–Kier alpha value is -2.18. The number of hydrogen-bond acceptors (Lipinski definition) is 3. The second-order valence-electron chi connectivity index (χ2n) is 5.00. The fourth-order valence-electron chi connectivity index (χ4n) is 2.71. The molecule has 0 bridgehead atoms. The third kappa shape index (κ3) is 1.95. The monoisotopic (exact) mass is 301 g/mol. The van der Waals surface area contributed by atoms with Crippen LogP contribution in [-0.2, 0) is 10.3 Å². The van der Waals surface area contributed by atoms with Crippen molar-refractivity contribution in [1.29, 1.82) is 0 Å². The molecule has 1 aromatic carbocycles. The van der Waals surface area contributed by atoms with Crippen LogP contribution in [0.5, 0.6) is 0 Å². The van der Waals surface area contributed by atoms with Gasteiger partial charge in [0.05, 0.1) is 0 Å². The van der Waals surface area contributed by atoms with Crippen LogP contribution in [0.2, 0.25) is 0 Å². The van der Waals surface area contributed by atoms with E-state index in [0.717, 1.165) is 16.7 Å². The Morgan fingerprint density at radius 1 is 1.29 bits per heavy atom. The van der Waals surface area contributed by atoms with Crippen molar-refractivity contribution < 1.29 is 9.53 Å². The summed E-state index contributed by atoms with van der Waals surface area (Å²) in [5, 5.41) is 2.04. The Kier molecular flexibility index (Phi) is 3.07. The van der Waals surface area contributed by atoms with E-state index in [2.05, 4.69) is 11.1 Å². The number of nitrogens with two attached hydrogens (primary N) is 2. The van der Waals surface area contributed by atoms with Crippen molar-refractivity contribution in [3.05, 3.63) is 46.3 Å². The summed E-state index contributed by atoms with van der Waals surface area (Å²) in [6.45, 7) is 2.00. The van der Waals surface area contributed by atoms with Crippen LogP contribution in [0.15, 0.2) is 34.6 Å². The molecule has 6 heteroatoms. The van der Waals surface area contributed by atoms with Crippen LogP contribution in [0, 0.1) is 0 Å². The number of nitrogens with zero attached hydrogens (tertiary/aromatic N) is 1. The van der Waals surface area contributed by atoms with Crippen LogP contribution < -0.4 is 11.5 Å². The summed E-state index contributed by atoms with van der Waals surface area (Å²) in [6.07, 6.45) is 0. The topological polar surface area (TPSA) is 90.7 Å². The molecule has 3 rings (SSSR count). The van der Waals surface area contributed by atoms with Crippen LogP contribution >= 0.6 is 11.3 Å². The summed E-state index contributed by atoms with van der Waals surface area (Å²) in [5.41, 5.74) is 13.6. The smallest absolute Gasteiger partial charge is 0.280 e. The van der Waals surface area contributed by atoms with Crippen molar-refractivity contribution in [3.63, 3.8) is 0 Å². The highest BCUT2D eigenvalue weighted by Crippen LogP contribution is 2.51. The number of aliphatic imine (C=N–C) groups is 1. The number of guanidine groups is 1. The van der Waals surface area contributed by atoms with Gasteiger partial charge < -0.3 is 16.2 Å². The molecule has 0 saturated heterocycles. The van der Waals surface area contributed by atoms with Crippen molar-refractivity contribution in [2.45, 2.75) is 12.5 Å². The Balaban J connectivity index is 2.16. The van der Waals surface area contributed by atoms with E-state index in [0.29, 0.717) is 5.56 Å². The minimum atomic E-state index is -0.557. The number of thiophene rings is 1. The molecule has 1 aliphatic carbocycles. The van der Waals surface area contributed by atoms with Crippen LogP contribution in [0.4, 0.5) is 0 Å². The molecule has 0 saturated carbocycles. The molecule has 5 nitrogen and oxygen atoms in total. The molecule has 1 unspecified atom stereocenters. The van der Waals surface area contributed by atoms with Crippen LogP contribution in [0.25, 0.3) is 10.4 Å². The first-order chi connectivity index (χ1) is 9.97. The van der Waals surface area contributed by atoms with Crippen molar-refractivity contribution in [2.75, 3.05) is 7.11 Å². The van der Waals surface area contributed by atoms with Crippen LogP contribution in [0.1, 0.15) is 28.4 Å². The van der Waals surface area contributed by atoms with E-state index in [9.17, 15) is 4.79 Å². The van der Waals surface area contributed by atoms with Gasteiger partial charge in [-0.2, -0.15) is 4.99 Å². The molecule has 4 N–H and O–H groups in total. The molecule has 0 spiro atoms. The SMILES string of the molecule is COC1(C)c2cc(C(=O)N=C(N)N)ccc2-c2sccc21. The molecule has 2 aromatic rings. The lowest BCUT2D eigenvalue weighted by atomic mass is 9.93. The van der Waals surface area contributed by atoms with Gasteiger partial charge in [0.1, 0.15) is 5.60 Å². The van der Waals surface area contributed by atoms with E-state index in [1.54, 1.807) is 30.6 Å². The van der Waals surface area contributed by atoms with E-state index in [1.807, 2.05) is 18.4 Å². The van der Waals surface area contributed by atoms with Gasteiger partial charge in [-0.1, -0.05) is 6.07 Å². The van der Waals surface area contributed by atoms with Crippen LogP contribution in [0.3, 0.4) is 0 Å².